The average Bonchev–Trinajstić information content (AvgIpc) is 2.27. The van der Waals surface area contributed by atoms with Gasteiger partial charge in [0.05, 0.1) is 6.26 Å². The summed E-state index contributed by atoms with van der Waals surface area (Å²) in [6, 6.07) is 1.04. The Morgan fingerprint density at radius 3 is 2.11 bits per heavy atom. The van der Waals surface area contributed by atoms with Crippen molar-refractivity contribution in [3.63, 3.8) is 0 Å². The third-order valence-corrected chi connectivity index (χ3v) is 4.78. The van der Waals surface area contributed by atoms with Crippen LogP contribution >= 0.6 is 0 Å². The van der Waals surface area contributed by atoms with Gasteiger partial charge >= 0.3 is 0 Å². The second-order valence-corrected chi connectivity index (χ2v) is 7.43. The molecule has 0 aromatic heterocycles. The summed E-state index contributed by atoms with van der Waals surface area (Å²) in [4.78, 5) is 2.38. The predicted octanol–water partition coefficient (Wildman–Crippen LogP) is 0.340. The summed E-state index contributed by atoms with van der Waals surface area (Å²) in [5.41, 5.74) is 0. The fraction of sp³-hybridized carbons (Fsp3) is 1.00. The lowest BCUT2D eigenvalue weighted by Crippen LogP contribution is -2.51. The molecule has 1 N–H and O–H groups in total. The van der Waals surface area contributed by atoms with Crippen LogP contribution in [0.1, 0.15) is 27.2 Å². The highest BCUT2D eigenvalue weighted by Crippen LogP contribution is 2.10. The van der Waals surface area contributed by atoms with Crippen molar-refractivity contribution in [2.45, 2.75) is 39.3 Å². The van der Waals surface area contributed by atoms with Crippen LogP contribution in [0, 0.1) is 0 Å². The van der Waals surface area contributed by atoms with E-state index < -0.39 is 10.0 Å². The van der Waals surface area contributed by atoms with Gasteiger partial charge in [-0.05, 0) is 19.9 Å². The summed E-state index contributed by atoms with van der Waals surface area (Å²) in [6.45, 7) is 10.5. The van der Waals surface area contributed by atoms with Gasteiger partial charge < -0.3 is 5.32 Å². The van der Waals surface area contributed by atoms with E-state index in [1.165, 1.54) is 6.26 Å². The minimum atomic E-state index is -3.01. The average molecular weight is 277 g/mol. The maximum absolute atomic E-state index is 11.4. The van der Waals surface area contributed by atoms with Crippen molar-refractivity contribution in [3.05, 3.63) is 0 Å². The molecule has 0 aromatic carbocycles. The van der Waals surface area contributed by atoms with Crippen LogP contribution in [0.3, 0.4) is 0 Å². The number of sulfonamides is 1. The summed E-state index contributed by atoms with van der Waals surface area (Å²) < 4.78 is 24.4. The molecule has 0 aliphatic carbocycles. The Kier molecular flexibility index (Phi) is 6.04. The number of rotatable bonds is 6. The van der Waals surface area contributed by atoms with Crippen LogP contribution in [0.15, 0.2) is 0 Å². The molecule has 1 saturated heterocycles. The molecule has 0 amide bonds. The zero-order valence-electron chi connectivity index (χ0n) is 12.0. The SMILES string of the molecule is CC(C)NCCC(C)N1CCN(S(C)(=O)=O)CC1. The number of hydrogen-bond donors (Lipinski definition) is 1. The van der Waals surface area contributed by atoms with Crippen LogP contribution in [0.5, 0.6) is 0 Å². The van der Waals surface area contributed by atoms with Crippen molar-refractivity contribution < 1.29 is 8.42 Å². The highest BCUT2D eigenvalue weighted by molar-refractivity contribution is 7.88. The van der Waals surface area contributed by atoms with E-state index in [0.29, 0.717) is 25.2 Å². The van der Waals surface area contributed by atoms with Crippen LogP contribution < -0.4 is 5.32 Å². The van der Waals surface area contributed by atoms with E-state index in [0.717, 1.165) is 26.1 Å². The number of nitrogens with one attached hydrogen (secondary N) is 1. The van der Waals surface area contributed by atoms with Gasteiger partial charge in [-0.2, -0.15) is 4.31 Å². The van der Waals surface area contributed by atoms with Gasteiger partial charge in [-0.15, -0.1) is 0 Å². The van der Waals surface area contributed by atoms with Gasteiger partial charge in [0.1, 0.15) is 0 Å². The molecule has 0 bridgehead atoms. The molecule has 0 radical (unpaired) electrons. The van der Waals surface area contributed by atoms with E-state index in [4.69, 9.17) is 0 Å². The molecule has 0 aromatic rings. The van der Waals surface area contributed by atoms with Crippen LogP contribution in [0.2, 0.25) is 0 Å². The minimum Gasteiger partial charge on any atom is -0.314 e. The Bertz CT molecular complexity index is 335. The van der Waals surface area contributed by atoms with E-state index in [1.54, 1.807) is 4.31 Å². The van der Waals surface area contributed by atoms with E-state index in [2.05, 4.69) is 31.0 Å². The van der Waals surface area contributed by atoms with Crippen molar-refractivity contribution in [3.8, 4) is 0 Å². The van der Waals surface area contributed by atoms with Gasteiger partial charge in [0, 0.05) is 38.3 Å². The first-order chi connectivity index (χ1) is 8.30. The molecule has 108 valence electrons. The molecule has 1 atom stereocenters. The van der Waals surface area contributed by atoms with Crippen molar-refractivity contribution in [2.24, 2.45) is 0 Å². The third kappa shape index (κ3) is 5.22. The van der Waals surface area contributed by atoms with Gasteiger partial charge in [-0.1, -0.05) is 13.8 Å². The zero-order valence-corrected chi connectivity index (χ0v) is 12.8. The van der Waals surface area contributed by atoms with Gasteiger partial charge in [0.15, 0.2) is 0 Å². The molecule has 18 heavy (non-hydrogen) atoms. The van der Waals surface area contributed by atoms with E-state index in [-0.39, 0.29) is 0 Å². The lowest BCUT2D eigenvalue weighted by molar-refractivity contribution is 0.139. The molecule has 0 saturated carbocycles. The second-order valence-electron chi connectivity index (χ2n) is 5.44. The van der Waals surface area contributed by atoms with Gasteiger partial charge in [0.2, 0.25) is 10.0 Å². The maximum atomic E-state index is 11.4. The van der Waals surface area contributed by atoms with Crippen LogP contribution in [-0.4, -0.2) is 68.7 Å². The van der Waals surface area contributed by atoms with Crippen LogP contribution in [0.25, 0.3) is 0 Å². The molecule has 6 heteroatoms. The summed E-state index contributed by atoms with van der Waals surface area (Å²) >= 11 is 0. The number of nitrogens with zero attached hydrogens (tertiary/aromatic N) is 2. The fourth-order valence-electron chi connectivity index (χ4n) is 2.24. The molecule has 5 nitrogen and oxygen atoms in total. The lowest BCUT2D eigenvalue weighted by atomic mass is 10.1. The number of hydrogen-bond acceptors (Lipinski definition) is 4. The Morgan fingerprint density at radius 1 is 1.11 bits per heavy atom. The summed E-state index contributed by atoms with van der Waals surface area (Å²) in [5.74, 6) is 0. The number of piperazine rings is 1. The van der Waals surface area contributed by atoms with Crippen molar-refractivity contribution in [1.29, 1.82) is 0 Å². The van der Waals surface area contributed by atoms with E-state index >= 15 is 0 Å². The quantitative estimate of drug-likeness (QED) is 0.761. The molecule has 1 aliphatic heterocycles. The van der Waals surface area contributed by atoms with Crippen LogP contribution in [0.4, 0.5) is 0 Å². The van der Waals surface area contributed by atoms with Gasteiger partial charge in [-0.3, -0.25) is 4.90 Å². The molecular weight excluding hydrogens is 250 g/mol. The third-order valence-electron chi connectivity index (χ3n) is 3.48. The lowest BCUT2D eigenvalue weighted by Gasteiger charge is -2.37. The molecule has 1 fully saturated rings. The summed E-state index contributed by atoms with van der Waals surface area (Å²) in [6.07, 6.45) is 2.40. The fourth-order valence-corrected chi connectivity index (χ4v) is 3.07. The summed E-state index contributed by atoms with van der Waals surface area (Å²) in [7, 11) is -3.01. The van der Waals surface area contributed by atoms with E-state index in [9.17, 15) is 8.42 Å². The first-order valence-electron chi connectivity index (χ1n) is 6.73. The van der Waals surface area contributed by atoms with Gasteiger partial charge in [0.25, 0.3) is 0 Å². The maximum Gasteiger partial charge on any atom is 0.211 e. The Hall–Kier alpha value is -0.170. The van der Waals surface area contributed by atoms with Gasteiger partial charge in [-0.25, -0.2) is 8.42 Å². The predicted molar refractivity (Wildman–Crippen MR) is 75.2 cm³/mol. The standard InChI is InChI=1S/C12H27N3O2S/c1-11(2)13-6-5-12(3)14-7-9-15(10-8-14)18(4,16)17/h11-13H,5-10H2,1-4H3. The van der Waals surface area contributed by atoms with Crippen LogP contribution in [-0.2, 0) is 10.0 Å². The minimum absolute atomic E-state index is 0.512. The smallest absolute Gasteiger partial charge is 0.211 e. The molecular formula is C12H27N3O2S. The normalized spacial score (nSPS) is 21.4. The molecule has 1 unspecified atom stereocenters. The zero-order chi connectivity index (χ0) is 13.8. The molecule has 0 spiro atoms. The first-order valence-corrected chi connectivity index (χ1v) is 8.58. The van der Waals surface area contributed by atoms with Crippen molar-refractivity contribution in [1.82, 2.24) is 14.5 Å². The second kappa shape index (κ2) is 6.84. The molecule has 1 aliphatic rings. The van der Waals surface area contributed by atoms with Crippen molar-refractivity contribution in [2.75, 3.05) is 39.0 Å². The Labute approximate surface area is 112 Å². The topological polar surface area (TPSA) is 52.6 Å². The van der Waals surface area contributed by atoms with Crippen molar-refractivity contribution >= 4 is 10.0 Å². The highest BCUT2D eigenvalue weighted by Gasteiger charge is 2.25. The summed E-state index contributed by atoms with van der Waals surface area (Å²) in [5, 5.41) is 3.42. The first kappa shape index (κ1) is 15.9. The molecule has 1 rings (SSSR count). The van der Waals surface area contributed by atoms with E-state index in [1.807, 2.05) is 0 Å². The Morgan fingerprint density at radius 2 is 1.67 bits per heavy atom. The Balaban J connectivity index is 2.29. The largest absolute Gasteiger partial charge is 0.314 e. The monoisotopic (exact) mass is 277 g/mol. The highest BCUT2D eigenvalue weighted by atomic mass is 32.2. The molecule has 1 heterocycles.